The summed E-state index contributed by atoms with van der Waals surface area (Å²) < 4.78 is 8.66. The SMILES string of the molecule is c1cc(Oc2cc(C3CCCC3)ccn2)cc(-c2ccc3c4ccccc4n(-c4cc(C5CCCCC5)ccn4)c3c2)c1. The number of benzene rings is 3. The van der Waals surface area contributed by atoms with Gasteiger partial charge in [0.1, 0.15) is 11.6 Å². The van der Waals surface area contributed by atoms with Crippen molar-refractivity contribution in [1.82, 2.24) is 14.5 Å². The van der Waals surface area contributed by atoms with E-state index in [1.807, 2.05) is 18.5 Å². The lowest BCUT2D eigenvalue weighted by Gasteiger charge is -2.22. The molecular weight excluding hydrogens is 526 g/mol. The highest BCUT2D eigenvalue weighted by molar-refractivity contribution is 6.10. The first-order valence-electron chi connectivity index (χ1n) is 16.0. The molecule has 6 aromatic rings. The maximum absolute atomic E-state index is 6.31. The van der Waals surface area contributed by atoms with Crippen molar-refractivity contribution in [1.29, 1.82) is 0 Å². The molecule has 0 radical (unpaired) electrons. The molecule has 3 aromatic heterocycles. The Bertz CT molecular complexity index is 1910. The number of pyridine rings is 2. The van der Waals surface area contributed by atoms with Crippen LogP contribution in [-0.2, 0) is 0 Å². The molecule has 43 heavy (non-hydrogen) atoms. The van der Waals surface area contributed by atoms with Gasteiger partial charge in [-0.3, -0.25) is 4.57 Å². The molecule has 0 N–H and O–H groups in total. The van der Waals surface area contributed by atoms with Crippen molar-refractivity contribution < 1.29 is 4.74 Å². The molecule has 2 saturated carbocycles. The van der Waals surface area contributed by atoms with Crippen molar-refractivity contribution in [2.24, 2.45) is 0 Å². The molecular formula is C39H37N3O. The average molecular weight is 564 g/mol. The van der Waals surface area contributed by atoms with Crippen molar-refractivity contribution in [3.63, 3.8) is 0 Å². The number of aromatic nitrogens is 3. The largest absolute Gasteiger partial charge is 0.439 e. The first-order chi connectivity index (χ1) is 21.3. The van der Waals surface area contributed by atoms with Crippen molar-refractivity contribution in [3.05, 3.63) is 115 Å². The van der Waals surface area contributed by atoms with E-state index in [0.29, 0.717) is 17.7 Å². The summed E-state index contributed by atoms with van der Waals surface area (Å²) in [4.78, 5) is 9.44. The van der Waals surface area contributed by atoms with Crippen LogP contribution in [0.4, 0.5) is 0 Å². The van der Waals surface area contributed by atoms with Crippen molar-refractivity contribution in [2.75, 3.05) is 0 Å². The van der Waals surface area contributed by atoms with E-state index in [1.165, 1.54) is 90.7 Å². The Balaban J connectivity index is 1.17. The Kier molecular flexibility index (Phi) is 6.91. The normalized spacial score (nSPS) is 16.3. The fourth-order valence-corrected chi connectivity index (χ4v) is 7.50. The minimum Gasteiger partial charge on any atom is -0.439 e. The van der Waals surface area contributed by atoms with Gasteiger partial charge in [-0.2, -0.15) is 0 Å². The summed E-state index contributed by atoms with van der Waals surface area (Å²) in [6, 6.07) is 32.7. The van der Waals surface area contributed by atoms with Gasteiger partial charge in [0.25, 0.3) is 0 Å². The molecule has 0 unspecified atom stereocenters. The van der Waals surface area contributed by atoms with Gasteiger partial charge in [0.15, 0.2) is 0 Å². The van der Waals surface area contributed by atoms with Gasteiger partial charge in [-0.1, -0.05) is 74.6 Å². The quantitative estimate of drug-likeness (QED) is 0.202. The second-order valence-corrected chi connectivity index (χ2v) is 12.4. The predicted molar refractivity (Wildman–Crippen MR) is 175 cm³/mol. The molecule has 0 bridgehead atoms. The van der Waals surface area contributed by atoms with Crippen LogP contribution in [0.1, 0.15) is 80.8 Å². The number of hydrogen-bond acceptors (Lipinski definition) is 3. The van der Waals surface area contributed by atoms with E-state index in [-0.39, 0.29) is 0 Å². The number of fused-ring (bicyclic) bond motifs is 3. The van der Waals surface area contributed by atoms with Crippen LogP contribution in [0.2, 0.25) is 0 Å². The van der Waals surface area contributed by atoms with Crippen molar-refractivity contribution in [3.8, 4) is 28.6 Å². The van der Waals surface area contributed by atoms with E-state index in [1.54, 1.807) is 0 Å². The number of nitrogens with zero attached hydrogens (tertiary/aromatic N) is 3. The summed E-state index contributed by atoms with van der Waals surface area (Å²) in [6.07, 6.45) is 15.6. The van der Waals surface area contributed by atoms with Crippen molar-refractivity contribution >= 4 is 21.8 Å². The van der Waals surface area contributed by atoms with Crippen LogP contribution in [0, 0.1) is 0 Å². The number of rotatable bonds is 6. The third kappa shape index (κ3) is 5.09. The molecule has 2 aliphatic carbocycles. The highest BCUT2D eigenvalue weighted by atomic mass is 16.5. The van der Waals surface area contributed by atoms with Gasteiger partial charge in [-0.05, 0) is 102 Å². The monoisotopic (exact) mass is 563 g/mol. The first kappa shape index (κ1) is 26.2. The topological polar surface area (TPSA) is 39.9 Å². The van der Waals surface area contributed by atoms with Crippen LogP contribution in [0.3, 0.4) is 0 Å². The summed E-state index contributed by atoms with van der Waals surface area (Å²) in [6.45, 7) is 0. The molecule has 0 aliphatic heterocycles. The second kappa shape index (κ2) is 11.3. The Morgan fingerprint density at radius 2 is 1.26 bits per heavy atom. The molecule has 2 fully saturated rings. The summed E-state index contributed by atoms with van der Waals surface area (Å²) in [5.74, 6) is 3.73. The Morgan fingerprint density at radius 3 is 2.09 bits per heavy atom. The van der Waals surface area contributed by atoms with Crippen LogP contribution in [0.15, 0.2) is 103 Å². The Morgan fingerprint density at radius 1 is 0.558 bits per heavy atom. The van der Waals surface area contributed by atoms with Crippen molar-refractivity contribution in [2.45, 2.75) is 69.6 Å². The van der Waals surface area contributed by atoms with Gasteiger partial charge in [-0.25, -0.2) is 9.97 Å². The lowest BCUT2D eigenvalue weighted by Crippen LogP contribution is -2.06. The molecule has 3 heterocycles. The first-order valence-corrected chi connectivity index (χ1v) is 16.0. The van der Waals surface area contributed by atoms with Crippen LogP contribution in [0.5, 0.6) is 11.6 Å². The zero-order valence-electron chi connectivity index (χ0n) is 24.6. The number of para-hydroxylation sites is 1. The van der Waals surface area contributed by atoms with Gasteiger partial charge in [0, 0.05) is 29.2 Å². The van der Waals surface area contributed by atoms with E-state index in [0.717, 1.165) is 22.7 Å². The summed E-state index contributed by atoms with van der Waals surface area (Å²) in [5.41, 5.74) is 7.39. The zero-order chi connectivity index (χ0) is 28.6. The van der Waals surface area contributed by atoms with E-state index in [4.69, 9.17) is 9.72 Å². The average Bonchev–Trinajstić information content (AvgIpc) is 3.72. The number of hydrogen-bond donors (Lipinski definition) is 0. The summed E-state index contributed by atoms with van der Waals surface area (Å²) in [7, 11) is 0. The lowest BCUT2D eigenvalue weighted by molar-refractivity contribution is 0.443. The third-order valence-electron chi connectivity index (χ3n) is 9.72. The van der Waals surface area contributed by atoms with E-state index in [2.05, 4.69) is 94.5 Å². The van der Waals surface area contributed by atoms with Crippen LogP contribution in [0.25, 0.3) is 38.8 Å². The third-order valence-corrected chi connectivity index (χ3v) is 9.72. The molecule has 2 aliphatic rings. The minimum absolute atomic E-state index is 0.632. The molecule has 214 valence electrons. The summed E-state index contributed by atoms with van der Waals surface area (Å²) >= 11 is 0. The van der Waals surface area contributed by atoms with Gasteiger partial charge >= 0.3 is 0 Å². The Hall–Kier alpha value is -4.44. The summed E-state index contributed by atoms with van der Waals surface area (Å²) in [5, 5.41) is 2.49. The van der Waals surface area contributed by atoms with E-state index in [9.17, 15) is 0 Å². The zero-order valence-corrected chi connectivity index (χ0v) is 24.6. The highest BCUT2D eigenvalue weighted by Gasteiger charge is 2.20. The molecule has 0 atom stereocenters. The van der Waals surface area contributed by atoms with Crippen LogP contribution >= 0.6 is 0 Å². The molecule has 0 saturated heterocycles. The molecule has 4 heteroatoms. The van der Waals surface area contributed by atoms with Crippen LogP contribution in [-0.4, -0.2) is 14.5 Å². The van der Waals surface area contributed by atoms with Gasteiger partial charge in [-0.15, -0.1) is 0 Å². The smallest absolute Gasteiger partial charge is 0.219 e. The fraction of sp³-hybridized carbons (Fsp3) is 0.282. The molecule has 0 amide bonds. The lowest BCUT2D eigenvalue weighted by atomic mass is 9.84. The molecule has 8 rings (SSSR count). The van der Waals surface area contributed by atoms with Gasteiger partial charge in [0.05, 0.1) is 11.0 Å². The molecule has 0 spiro atoms. The standard InChI is InChI=1S/C39H37N3O/c1-2-9-27(10-3-1)31-19-21-40-38(25-31)42-36-16-7-6-15-34(36)35-18-17-30(24-37(35)42)29-13-8-14-33(23-29)43-39-26-32(20-22-41-39)28-11-4-5-12-28/h6-8,13-28H,1-5,9-12H2. The van der Waals surface area contributed by atoms with Crippen LogP contribution < -0.4 is 4.74 Å². The Labute approximate surface area is 253 Å². The van der Waals surface area contributed by atoms with E-state index >= 15 is 0 Å². The fourth-order valence-electron chi connectivity index (χ4n) is 7.50. The number of ether oxygens (including phenoxy) is 1. The maximum Gasteiger partial charge on any atom is 0.219 e. The second-order valence-electron chi connectivity index (χ2n) is 12.4. The van der Waals surface area contributed by atoms with Gasteiger partial charge < -0.3 is 4.74 Å². The molecule has 3 aromatic carbocycles. The van der Waals surface area contributed by atoms with Gasteiger partial charge in [0.2, 0.25) is 5.88 Å². The van der Waals surface area contributed by atoms with E-state index < -0.39 is 0 Å². The minimum atomic E-state index is 0.632. The maximum atomic E-state index is 6.31. The molecule has 4 nitrogen and oxygen atoms in total. The highest BCUT2D eigenvalue weighted by Crippen LogP contribution is 2.38. The predicted octanol–water partition coefficient (Wildman–Crippen LogP) is 10.7.